The molecule has 3 nitrogen and oxygen atoms in total. The Balaban J connectivity index is 1.74. The number of nitrogens with zero attached hydrogens (tertiary/aromatic N) is 1. The van der Waals surface area contributed by atoms with E-state index >= 15 is 0 Å². The summed E-state index contributed by atoms with van der Waals surface area (Å²) in [6.07, 6.45) is 5.63. The van der Waals surface area contributed by atoms with E-state index in [1.807, 2.05) is 54.6 Å². The van der Waals surface area contributed by atoms with Gasteiger partial charge in [-0.25, -0.2) is 0 Å². The molecular weight excluding hydrogens is 370 g/mol. The van der Waals surface area contributed by atoms with Gasteiger partial charge in [0.05, 0.1) is 6.04 Å². The summed E-state index contributed by atoms with van der Waals surface area (Å²) >= 11 is 0. The van der Waals surface area contributed by atoms with Crippen LogP contribution in [-0.2, 0) is 10.2 Å². The minimum atomic E-state index is -0.821. The molecule has 0 radical (unpaired) electrons. The van der Waals surface area contributed by atoms with Crippen molar-refractivity contribution in [2.75, 3.05) is 0 Å². The highest BCUT2D eigenvalue weighted by Crippen LogP contribution is 2.58. The first-order valence-corrected chi connectivity index (χ1v) is 11.0. The van der Waals surface area contributed by atoms with Crippen molar-refractivity contribution in [2.24, 2.45) is 0 Å². The molecule has 3 heteroatoms. The minimum absolute atomic E-state index is 0.153. The molecular formula is C27H27NO2. The number of aromatic hydroxyl groups is 1. The first-order chi connectivity index (χ1) is 14.7. The van der Waals surface area contributed by atoms with Crippen LogP contribution in [0.3, 0.4) is 0 Å². The zero-order valence-corrected chi connectivity index (χ0v) is 17.1. The van der Waals surface area contributed by atoms with Crippen molar-refractivity contribution < 1.29 is 9.90 Å². The monoisotopic (exact) mass is 397 g/mol. The third-order valence-electron chi connectivity index (χ3n) is 6.92. The zero-order chi connectivity index (χ0) is 20.6. The van der Waals surface area contributed by atoms with E-state index in [2.05, 4.69) is 29.2 Å². The van der Waals surface area contributed by atoms with Crippen LogP contribution in [0.2, 0.25) is 0 Å². The largest absolute Gasteiger partial charge is 0.508 e. The predicted molar refractivity (Wildman–Crippen MR) is 118 cm³/mol. The summed E-state index contributed by atoms with van der Waals surface area (Å²) < 4.78 is 0. The van der Waals surface area contributed by atoms with E-state index in [1.54, 1.807) is 6.07 Å². The fourth-order valence-corrected chi connectivity index (χ4v) is 5.55. The van der Waals surface area contributed by atoms with Crippen molar-refractivity contribution in [1.29, 1.82) is 0 Å². The van der Waals surface area contributed by atoms with Crippen LogP contribution in [0.4, 0.5) is 0 Å². The van der Waals surface area contributed by atoms with Crippen molar-refractivity contribution in [1.82, 2.24) is 4.90 Å². The summed E-state index contributed by atoms with van der Waals surface area (Å²) in [5.41, 5.74) is 1.98. The molecule has 5 rings (SSSR count). The van der Waals surface area contributed by atoms with Gasteiger partial charge in [0.15, 0.2) is 0 Å². The molecule has 1 unspecified atom stereocenters. The normalized spacial score (nSPS) is 21.3. The van der Waals surface area contributed by atoms with Crippen LogP contribution >= 0.6 is 0 Å². The summed E-state index contributed by atoms with van der Waals surface area (Å²) in [6.45, 7) is 0. The molecule has 1 aliphatic carbocycles. The van der Waals surface area contributed by atoms with Gasteiger partial charge in [0, 0.05) is 11.6 Å². The Morgan fingerprint density at radius 1 is 0.733 bits per heavy atom. The average Bonchev–Trinajstić information content (AvgIpc) is 2.80. The molecule has 30 heavy (non-hydrogen) atoms. The second kappa shape index (κ2) is 7.64. The third-order valence-corrected chi connectivity index (χ3v) is 6.92. The van der Waals surface area contributed by atoms with Gasteiger partial charge in [-0.15, -0.1) is 0 Å². The van der Waals surface area contributed by atoms with Crippen molar-refractivity contribution in [3.63, 3.8) is 0 Å². The van der Waals surface area contributed by atoms with Gasteiger partial charge in [0.2, 0.25) is 5.91 Å². The molecule has 1 aliphatic heterocycles. The fraction of sp³-hybridized carbons (Fsp3) is 0.296. The lowest BCUT2D eigenvalue weighted by atomic mass is 9.58. The third kappa shape index (κ3) is 2.76. The first kappa shape index (κ1) is 18.9. The van der Waals surface area contributed by atoms with Crippen LogP contribution in [0.1, 0.15) is 54.8 Å². The molecule has 2 fully saturated rings. The number of likely N-dealkylation sites (tertiary alicyclic amines) is 1. The number of amides is 1. The van der Waals surface area contributed by atoms with Gasteiger partial charge in [0.25, 0.3) is 0 Å². The SMILES string of the molecule is O=C1N(C2CCCCC2)C(c2ccccc2O)C1(c1ccccc1)c1ccccc1. The van der Waals surface area contributed by atoms with Gasteiger partial charge in [-0.2, -0.15) is 0 Å². The van der Waals surface area contributed by atoms with E-state index < -0.39 is 5.41 Å². The minimum Gasteiger partial charge on any atom is -0.508 e. The predicted octanol–water partition coefficient (Wildman–Crippen LogP) is 5.59. The number of hydrogen-bond acceptors (Lipinski definition) is 2. The number of phenols is 1. The molecule has 1 saturated heterocycles. The van der Waals surface area contributed by atoms with E-state index in [4.69, 9.17) is 0 Å². The Labute approximate surface area is 178 Å². The molecule has 0 bridgehead atoms. The lowest BCUT2D eigenvalue weighted by Crippen LogP contribution is -2.69. The van der Waals surface area contributed by atoms with Crippen LogP contribution in [0.15, 0.2) is 84.9 Å². The van der Waals surface area contributed by atoms with Gasteiger partial charge >= 0.3 is 0 Å². The molecule has 3 aromatic carbocycles. The van der Waals surface area contributed by atoms with Crippen molar-refractivity contribution in [3.05, 3.63) is 102 Å². The maximum absolute atomic E-state index is 14.1. The molecule has 1 heterocycles. The van der Waals surface area contributed by atoms with Crippen molar-refractivity contribution in [2.45, 2.75) is 49.6 Å². The average molecular weight is 398 g/mol. The van der Waals surface area contributed by atoms with Crippen LogP contribution in [-0.4, -0.2) is 22.0 Å². The number of carbonyl (C=O) groups excluding carboxylic acids is 1. The summed E-state index contributed by atoms with van der Waals surface area (Å²) in [5, 5.41) is 10.8. The van der Waals surface area contributed by atoms with Gasteiger partial charge in [0.1, 0.15) is 11.2 Å². The number of benzene rings is 3. The number of para-hydroxylation sites is 1. The molecule has 0 aromatic heterocycles. The molecule has 2 aliphatic rings. The number of rotatable bonds is 4. The fourth-order valence-electron chi connectivity index (χ4n) is 5.55. The Hall–Kier alpha value is -3.07. The van der Waals surface area contributed by atoms with Crippen LogP contribution in [0.5, 0.6) is 5.75 Å². The molecule has 1 amide bonds. The Morgan fingerprint density at radius 2 is 1.27 bits per heavy atom. The van der Waals surface area contributed by atoms with Crippen molar-refractivity contribution in [3.8, 4) is 5.75 Å². The summed E-state index contributed by atoms with van der Waals surface area (Å²) in [4.78, 5) is 16.2. The summed E-state index contributed by atoms with van der Waals surface area (Å²) in [7, 11) is 0. The van der Waals surface area contributed by atoms with Gasteiger partial charge in [-0.1, -0.05) is 98.1 Å². The Bertz CT molecular complexity index is 985. The number of β-lactam (4-membered cyclic amide) rings is 1. The highest BCUT2D eigenvalue weighted by atomic mass is 16.3. The highest BCUT2D eigenvalue weighted by molar-refractivity contribution is 6.00. The topological polar surface area (TPSA) is 40.5 Å². The molecule has 1 saturated carbocycles. The zero-order valence-electron chi connectivity index (χ0n) is 17.1. The van der Waals surface area contributed by atoms with E-state index in [1.165, 1.54) is 6.42 Å². The molecule has 1 atom stereocenters. The summed E-state index contributed by atoms with van der Waals surface area (Å²) in [5.74, 6) is 0.409. The maximum Gasteiger partial charge on any atom is 0.241 e. The standard InChI is InChI=1S/C27H27NO2/c29-24-19-11-10-18-23(24)25-27(20-12-4-1-5-13-20,21-14-6-2-7-15-21)26(30)28(25)22-16-8-3-9-17-22/h1-2,4-7,10-15,18-19,22,25,29H,3,8-9,16-17H2. The lowest BCUT2D eigenvalue weighted by molar-refractivity contribution is -0.164. The van der Waals surface area contributed by atoms with Gasteiger partial charge < -0.3 is 10.0 Å². The first-order valence-electron chi connectivity index (χ1n) is 11.0. The molecule has 152 valence electrons. The van der Waals surface area contributed by atoms with Gasteiger partial charge in [-0.3, -0.25) is 4.79 Å². The van der Waals surface area contributed by atoms with E-state index in [0.29, 0.717) is 0 Å². The van der Waals surface area contributed by atoms with Crippen LogP contribution in [0.25, 0.3) is 0 Å². The van der Waals surface area contributed by atoms with E-state index in [-0.39, 0.29) is 23.7 Å². The lowest BCUT2D eigenvalue weighted by Gasteiger charge is -2.60. The quantitative estimate of drug-likeness (QED) is 0.583. The number of hydrogen-bond donors (Lipinski definition) is 1. The molecule has 1 N–H and O–H groups in total. The van der Waals surface area contributed by atoms with Gasteiger partial charge in [-0.05, 0) is 30.0 Å². The van der Waals surface area contributed by atoms with E-state index in [0.717, 1.165) is 42.4 Å². The second-order valence-corrected chi connectivity index (χ2v) is 8.51. The van der Waals surface area contributed by atoms with Crippen LogP contribution in [0, 0.1) is 0 Å². The number of carbonyl (C=O) groups is 1. The van der Waals surface area contributed by atoms with E-state index in [9.17, 15) is 9.90 Å². The van der Waals surface area contributed by atoms with Crippen molar-refractivity contribution >= 4 is 5.91 Å². The van der Waals surface area contributed by atoms with Crippen LogP contribution < -0.4 is 0 Å². The Kier molecular flexibility index (Phi) is 4.82. The summed E-state index contributed by atoms with van der Waals surface area (Å²) in [6, 6.07) is 27.7. The maximum atomic E-state index is 14.1. The molecule has 3 aromatic rings. The smallest absolute Gasteiger partial charge is 0.241 e. The highest BCUT2D eigenvalue weighted by Gasteiger charge is 2.64. The molecule has 0 spiro atoms. The Morgan fingerprint density at radius 3 is 1.83 bits per heavy atom. The second-order valence-electron chi connectivity index (χ2n) is 8.51. The number of phenolic OH excluding ortho intramolecular Hbond substituents is 1.